The van der Waals surface area contributed by atoms with E-state index in [2.05, 4.69) is 32.1 Å². The fraction of sp³-hybridized carbons (Fsp3) is 0.500. The Balaban J connectivity index is 1.70. The van der Waals surface area contributed by atoms with Crippen molar-refractivity contribution in [3.05, 3.63) is 53.0 Å². The standard InChI is InChI=1S/C22H27ClN6O3S/c1-14-7-5-8-17(26-14)21-28-27-18(29(21)22(3)9-6-10-22)13-33(30,31)15(2)19(32-4)20-24-11-16(23)12-25-20/h5,7-8,11-12,15,19H,6,9-10,13H2,1-4H3/t15-,19-/m0/s1. The van der Waals surface area contributed by atoms with Crippen LogP contribution < -0.4 is 0 Å². The number of nitrogens with zero attached hydrogens (tertiary/aromatic N) is 6. The van der Waals surface area contributed by atoms with E-state index < -0.39 is 21.2 Å². The minimum atomic E-state index is -3.71. The molecular weight excluding hydrogens is 464 g/mol. The second-order valence-electron chi connectivity index (χ2n) is 8.72. The summed E-state index contributed by atoms with van der Waals surface area (Å²) < 4.78 is 34.4. The van der Waals surface area contributed by atoms with Gasteiger partial charge in [0.1, 0.15) is 23.4 Å². The second kappa shape index (κ2) is 9.08. The highest BCUT2D eigenvalue weighted by molar-refractivity contribution is 7.91. The Labute approximate surface area is 198 Å². The van der Waals surface area contributed by atoms with E-state index in [0.717, 1.165) is 25.0 Å². The zero-order valence-electron chi connectivity index (χ0n) is 19.1. The molecule has 3 heterocycles. The molecule has 1 fully saturated rings. The van der Waals surface area contributed by atoms with E-state index in [0.29, 0.717) is 22.4 Å². The van der Waals surface area contributed by atoms with Crippen LogP contribution in [0.25, 0.3) is 11.5 Å². The van der Waals surface area contributed by atoms with E-state index in [4.69, 9.17) is 16.3 Å². The molecule has 0 N–H and O–H groups in total. The van der Waals surface area contributed by atoms with Gasteiger partial charge in [-0.05, 0) is 52.2 Å². The van der Waals surface area contributed by atoms with Gasteiger partial charge in [-0.1, -0.05) is 17.7 Å². The smallest absolute Gasteiger partial charge is 0.183 e. The summed E-state index contributed by atoms with van der Waals surface area (Å²) in [5.74, 6) is 0.961. The largest absolute Gasteiger partial charge is 0.372 e. The zero-order chi connectivity index (χ0) is 23.8. The number of sulfone groups is 1. The lowest BCUT2D eigenvalue weighted by Gasteiger charge is -2.41. The summed E-state index contributed by atoms with van der Waals surface area (Å²) in [5.41, 5.74) is 1.28. The summed E-state index contributed by atoms with van der Waals surface area (Å²) in [7, 11) is -2.27. The Bertz CT molecular complexity index is 1240. The van der Waals surface area contributed by atoms with Crippen molar-refractivity contribution in [2.45, 2.75) is 62.7 Å². The number of aromatic nitrogens is 6. The number of pyridine rings is 1. The fourth-order valence-electron chi connectivity index (χ4n) is 4.20. The minimum Gasteiger partial charge on any atom is -0.372 e. The lowest BCUT2D eigenvalue weighted by Crippen LogP contribution is -2.40. The average Bonchev–Trinajstić information content (AvgIpc) is 3.17. The van der Waals surface area contributed by atoms with E-state index in [1.165, 1.54) is 19.5 Å². The van der Waals surface area contributed by atoms with Crippen LogP contribution in [-0.2, 0) is 25.9 Å². The van der Waals surface area contributed by atoms with Crippen molar-refractivity contribution < 1.29 is 13.2 Å². The van der Waals surface area contributed by atoms with Crippen molar-refractivity contribution >= 4 is 21.4 Å². The number of aryl methyl sites for hydroxylation is 1. The molecule has 0 aromatic carbocycles. The van der Waals surface area contributed by atoms with Gasteiger partial charge in [0, 0.05) is 30.7 Å². The number of rotatable bonds is 8. The number of ether oxygens (including phenoxy) is 1. The SMILES string of the molecule is CO[C@H](c1ncc(Cl)cn1)[C@H](C)S(=O)(=O)Cc1nnc(-c2cccc(C)n2)n1C1(C)CCC1. The summed E-state index contributed by atoms with van der Waals surface area (Å²) in [4.78, 5) is 12.9. The molecule has 176 valence electrons. The molecule has 2 atom stereocenters. The van der Waals surface area contributed by atoms with Crippen LogP contribution in [0.15, 0.2) is 30.6 Å². The van der Waals surface area contributed by atoms with Gasteiger partial charge in [0.2, 0.25) is 0 Å². The molecule has 1 saturated carbocycles. The Morgan fingerprint density at radius 3 is 2.48 bits per heavy atom. The average molecular weight is 491 g/mol. The molecule has 4 rings (SSSR count). The van der Waals surface area contributed by atoms with Crippen LogP contribution in [0.1, 0.15) is 56.6 Å². The minimum absolute atomic E-state index is 0.252. The molecule has 11 heteroatoms. The van der Waals surface area contributed by atoms with Crippen LogP contribution in [0.3, 0.4) is 0 Å². The maximum Gasteiger partial charge on any atom is 0.183 e. The van der Waals surface area contributed by atoms with Gasteiger partial charge in [-0.3, -0.25) is 0 Å². The Morgan fingerprint density at radius 1 is 1.21 bits per heavy atom. The molecule has 0 unspecified atom stereocenters. The quantitative estimate of drug-likeness (QED) is 0.470. The molecule has 0 amide bonds. The maximum absolute atomic E-state index is 13.5. The molecule has 33 heavy (non-hydrogen) atoms. The van der Waals surface area contributed by atoms with Gasteiger partial charge >= 0.3 is 0 Å². The van der Waals surface area contributed by atoms with Gasteiger partial charge in [-0.15, -0.1) is 10.2 Å². The van der Waals surface area contributed by atoms with Gasteiger partial charge in [0.25, 0.3) is 0 Å². The Hall–Kier alpha value is -2.43. The van der Waals surface area contributed by atoms with E-state index >= 15 is 0 Å². The summed E-state index contributed by atoms with van der Waals surface area (Å²) >= 11 is 5.87. The van der Waals surface area contributed by atoms with Crippen LogP contribution in [0.5, 0.6) is 0 Å². The lowest BCUT2D eigenvalue weighted by molar-refractivity contribution is 0.0947. The summed E-state index contributed by atoms with van der Waals surface area (Å²) in [6, 6.07) is 5.69. The summed E-state index contributed by atoms with van der Waals surface area (Å²) in [5, 5.41) is 8.13. The van der Waals surface area contributed by atoms with Crippen LogP contribution in [0.4, 0.5) is 0 Å². The van der Waals surface area contributed by atoms with Crippen molar-refractivity contribution in [2.75, 3.05) is 7.11 Å². The third-order valence-electron chi connectivity index (χ3n) is 6.29. The predicted molar refractivity (Wildman–Crippen MR) is 124 cm³/mol. The molecular formula is C22H27ClN6O3S. The molecule has 0 saturated heterocycles. The maximum atomic E-state index is 13.5. The number of hydrogen-bond acceptors (Lipinski definition) is 8. The van der Waals surface area contributed by atoms with Crippen molar-refractivity contribution in [1.82, 2.24) is 29.7 Å². The molecule has 1 aliphatic rings. The fourth-order valence-corrected chi connectivity index (χ4v) is 5.72. The lowest BCUT2D eigenvalue weighted by atomic mass is 9.78. The first-order chi connectivity index (χ1) is 15.6. The van der Waals surface area contributed by atoms with Gasteiger partial charge < -0.3 is 9.30 Å². The third kappa shape index (κ3) is 4.64. The monoisotopic (exact) mass is 490 g/mol. The van der Waals surface area contributed by atoms with Gasteiger partial charge in [0.05, 0.1) is 10.3 Å². The molecule has 3 aromatic rings. The summed E-state index contributed by atoms with van der Waals surface area (Å²) in [6.07, 6.45) is 4.91. The molecule has 1 aliphatic carbocycles. The highest BCUT2D eigenvalue weighted by Crippen LogP contribution is 2.42. The second-order valence-corrected chi connectivity index (χ2v) is 11.5. The first-order valence-corrected chi connectivity index (χ1v) is 12.8. The Kier molecular flexibility index (Phi) is 6.52. The van der Waals surface area contributed by atoms with E-state index in [1.807, 2.05) is 29.7 Å². The predicted octanol–water partition coefficient (Wildman–Crippen LogP) is 3.68. The number of hydrogen-bond donors (Lipinski definition) is 0. The first kappa shape index (κ1) is 23.7. The van der Waals surface area contributed by atoms with Crippen LogP contribution in [0.2, 0.25) is 5.02 Å². The third-order valence-corrected chi connectivity index (χ3v) is 8.53. The Morgan fingerprint density at radius 2 is 1.91 bits per heavy atom. The van der Waals surface area contributed by atoms with Gasteiger partial charge in [-0.25, -0.2) is 23.4 Å². The van der Waals surface area contributed by atoms with E-state index in [-0.39, 0.29) is 17.1 Å². The van der Waals surface area contributed by atoms with Crippen LogP contribution in [0, 0.1) is 6.92 Å². The molecule has 0 radical (unpaired) electrons. The normalized spacial score (nSPS) is 17.4. The molecule has 0 aliphatic heterocycles. The van der Waals surface area contributed by atoms with Crippen LogP contribution in [-0.4, -0.2) is 50.5 Å². The van der Waals surface area contributed by atoms with Crippen LogP contribution >= 0.6 is 11.6 Å². The van der Waals surface area contributed by atoms with Crippen molar-refractivity contribution in [3.8, 4) is 11.5 Å². The molecule has 3 aromatic heterocycles. The topological polar surface area (TPSA) is 113 Å². The highest BCUT2D eigenvalue weighted by atomic mass is 35.5. The van der Waals surface area contributed by atoms with Gasteiger partial charge in [-0.2, -0.15) is 0 Å². The summed E-state index contributed by atoms with van der Waals surface area (Å²) in [6.45, 7) is 5.61. The van der Waals surface area contributed by atoms with Crippen molar-refractivity contribution in [1.29, 1.82) is 0 Å². The number of methoxy groups -OCH3 is 1. The first-order valence-electron chi connectivity index (χ1n) is 10.8. The van der Waals surface area contributed by atoms with Gasteiger partial charge in [0.15, 0.2) is 21.5 Å². The number of halogens is 1. The van der Waals surface area contributed by atoms with Crippen molar-refractivity contribution in [2.24, 2.45) is 0 Å². The van der Waals surface area contributed by atoms with Crippen molar-refractivity contribution in [3.63, 3.8) is 0 Å². The van der Waals surface area contributed by atoms with E-state index in [1.54, 1.807) is 6.92 Å². The molecule has 9 nitrogen and oxygen atoms in total. The molecule has 0 bridgehead atoms. The van der Waals surface area contributed by atoms with E-state index in [9.17, 15) is 8.42 Å². The molecule has 0 spiro atoms. The highest BCUT2D eigenvalue weighted by Gasteiger charge is 2.40. The zero-order valence-corrected chi connectivity index (χ0v) is 20.6.